The lowest BCUT2D eigenvalue weighted by Crippen LogP contribution is -2.52. The van der Waals surface area contributed by atoms with Gasteiger partial charge in [-0.2, -0.15) is 13.2 Å². The topological polar surface area (TPSA) is 41.6 Å². The summed E-state index contributed by atoms with van der Waals surface area (Å²) >= 11 is 0. The number of nitrogens with zero attached hydrogens (tertiary/aromatic N) is 1. The summed E-state index contributed by atoms with van der Waals surface area (Å²) in [4.78, 5) is 14.7. The molecule has 1 amide bonds. The van der Waals surface area contributed by atoms with Crippen LogP contribution in [0.3, 0.4) is 0 Å². The molecule has 24 heavy (non-hydrogen) atoms. The molecule has 2 saturated heterocycles. The van der Waals surface area contributed by atoms with Crippen LogP contribution in [-0.4, -0.2) is 42.6 Å². The lowest BCUT2D eigenvalue weighted by Gasteiger charge is -2.30. The SMILES string of the molecule is O=C(NCCOc1ccc(C(F)(F)F)cc1)C12CCCN1CCC2. The molecule has 132 valence electrons. The summed E-state index contributed by atoms with van der Waals surface area (Å²) in [5.41, 5.74) is -1.04. The van der Waals surface area contributed by atoms with Crippen LogP contribution < -0.4 is 10.1 Å². The van der Waals surface area contributed by atoms with Gasteiger partial charge in [0, 0.05) is 0 Å². The highest BCUT2D eigenvalue weighted by molar-refractivity contribution is 5.87. The standard InChI is InChI=1S/C17H21F3N2O2/c18-17(19,20)13-3-5-14(6-4-13)24-12-9-21-15(23)16-7-1-10-22(16)11-2-8-16/h3-6H,1-2,7-12H2,(H,21,23). The van der Waals surface area contributed by atoms with Gasteiger partial charge in [-0.25, -0.2) is 0 Å². The molecule has 0 unspecified atom stereocenters. The summed E-state index contributed by atoms with van der Waals surface area (Å²) in [5, 5.41) is 2.91. The smallest absolute Gasteiger partial charge is 0.416 e. The van der Waals surface area contributed by atoms with Gasteiger partial charge in [0.15, 0.2) is 0 Å². The maximum absolute atomic E-state index is 12.5. The first-order chi connectivity index (χ1) is 11.4. The van der Waals surface area contributed by atoms with Gasteiger partial charge in [0.05, 0.1) is 12.1 Å². The van der Waals surface area contributed by atoms with Crippen LogP contribution in [0.25, 0.3) is 0 Å². The van der Waals surface area contributed by atoms with E-state index in [1.807, 2.05) is 0 Å². The minimum absolute atomic E-state index is 0.0496. The lowest BCUT2D eigenvalue weighted by atomic mass is 9.93. The molecule has 1 N–H and O–H groups in total. The van der Waals surface area contributed by atoms with Crippen molar-refractivity contribution in [1.29, 1.82) is 0 Å². The number of alkyl halides is 3. The maximum Gasteiger partial charge on any atom is 0.416 e. The highest BCUT2D eigenvalue weighted by Crippen LogP contribution is 2.38. The first-order valence-corrected chi connectivity index (χ1v) is 8.25. The number of rotatable bonds is 5. The monoisotopic (exact) mass is 342 g/mol. The van der Waals surface area contributed by atoms with E-state index in [0.29, 0.717) is 12.3 Å². The van der Waals surface area contributed by atoms with Gasteiger partial charge in [-0.15, -0.1) is 0 Å². The zero-order valence-electron chi connectivity index (χ0n) is 13.4. The van der Waals surface area contributed by atoms with E-state index >= 15 is 0 Å². The molecule has 1 aromatic carbocycles. The molecule has 1 aromatic rings. The van der Waals surface area contributed by atoms with Gasteiger partial charge >= 0.3 is 6.18 Å². The lowest BCUT2D eigenvalue weighted by molar-refractivity contribution is -0.137. The van der Waals surface area contributed by atoms with Crippen molar-refractivity contribution >= 4 is 5.91 Å². The van der Waals surface area contributed by atoms with E-state index in [4.69, 9.17) is 4.74 Å². The predicted molar refractivity (Wildman–Crippen MR) is 82.7 cm³/mol. The summed E-state index contributed by atoms with van der Waals surface area (Å²) in [7, 11) is 0. The maximum atomic E-state index is 12.5. The van der Waals surface area contributed by atoms with Crippen molar-refractivity contribution in [2.45, 2.75) is 37.4 Å². The normalized spacial score (nSPS) is 20.0. The number of hydrogen-bond acceptors (Lipinski definition) is 3. The zero-order valence-corrected chi connectivity index (χ0v) is 13.4. The van der Waals surface area contributed by atoms with Crippen molar-refractivity contribution in [3.63, 3.8) is 0 Å². The summed E-state index contributed by atoms with van der Waals surface area (Å²) < 4.78 is 42.8. The minimum Gasteiger partial charge on any atom is -0.492 e. The van der Waals surface area contributed by atoms with Crippen molar-refractivity contribution in [3.05, 3.63) is 29.8 Å². The molecule has 2 fully saturated rings. The number of halogens is 3. The summed E-state index contributed by atoms with van der Waals surface area (Å²) in [5.74, 6) is 0.410. The molecular weight excluding hydrogens is 321 g/mol. The van der Waals surface area contributed by atoms with E-state index in [1.165, 1.54) is 12.1 Å². The number of hydrogen-bond donors (Lipinski definition) is 1. The molecule has 0 spiro atoms. The molecule has 4 nitrogen and oxygen atoms in total. The molecule has 0 bridgehead atoms. The Hall–Kier alpha value is -1.76. The Bertz CT molecular complexity index is 576. The fraction of sp³-hybridized carbons (Fsp3) is 0.588. The third-order valence-corrected chi connectivity index (χ3v) is 4.90. The molecule has 3 rings (SSSR count). The van der Waals surface area contributed by atoms with Crippen LogP contribution in [0.5, 0.6) is 5.75 Å². The second kappa shape index (κ2) is 6.63. The molecule has 2 heterocycles. The van der Waals surface area contributed by atoms with E-state index in [0.717, 1.165) is 50.9 Å². The highest BCUT2D eigenvalue weighted by Gasteiger charge is 2.49. The Morgan fingerprint density at radius 1 is 1.17 bits per heavy atom. The van der Waals surface area contributed by atoms with Crippen molar-refractivity contribution in [2.24, 2.45) is 0 Å². The minimum atomic E-state index is -4.35. The fourth-order valence-electron chi connectivity index (χ4n) is 3.71. The van der Waals surface area contributed by atoms with Crippen LogP contribution >= 0.6 is 0 Å². The van der Waals surface area contributed by atoms with Crippen LogP contribution in [-0.2, 0) is 11.0 Å². The average Bonchev–Trinajstić information content (AvgIpc) is 3.11. The molecule has 0 radical (unpaired) electrons. The average molecular weight is 342 g/mol. The van der Waals surface area contributed by atoms with E-state index in [-0.39, 0.29) is 18.1 Å². The Kier molecular flexibility index (Phi) is 4.71. The van der Waals surface area contributed by atoms with Crippen LogP contribution in [0.15, 0.2) is 24.3 Å². The predicted octanol–water partition coefficient (Wildman–Crippen LogP) is 2.83. The van der Waals surface area contributed by atoms with Gasteiger partial charge in [-0.05, 0) is 63.0 Å². The Morgan fingerprint density at radius 3 is 2.38 bits per heavy atom. The van der Waals surface area contributed by atoms with Gasteiger partial charge < -0.3 is 10.1 Å². The Morgan fingerprint density at radius 2 is 1.79 bits per heavy atom. The van der Waals surface area contributed by atoms with Crippen LogP contribution in [0.1, 0.15) is 31.2 Å². The molecule has 0 saturated carbocycles. The number of benzene rings is 1. The summed E-state index contributed by atoms with van der Waals surface area (Å²) in [6.07, 6.45) is -0.442. The third-order valence-electron chi connectivity index (χ3n) is 4.90. The van der Waals surface area contributed by atoms with E-state index in [1.54, 1.807) is 0 Å². The first kappa shape index (κ1) is 17.1. The van der Waals surface area contributed by atoms with E-state index in [9.17, 15) is 18.0 Å². The third kappa shape index (κ3) is 3.36. The van der Waals surface area contributed by atoms with Crippen molar-refractivity contribution < 1.29 is 22.7 Å². The van der Waals surface area contributed by atoms with Gasteiger partial charge in [-0.1, -0.05) is 0 Å². The summed E-state index contributed by atoms with van der Waals surface area (Å²) in [6.45, 7) is 2.54. The second-order valence-electron chi connectivity index (χ2n) is 6.35. The van der Waals surface area contributed by atoms with E-state index < -0.39 is 11.7 Å². The Balaban J connectivity index is 1.45. The molecule has 7 heteroatoms. The van der Waals surface area contributed by atoms with E-state index in [2.05, 4.69) is 10.2 Å². The number of amides is 1. The molecule has 2 aliphatic rings. The first-order valence-electron chi connectivity index (χ1n) is 8.25. The van der Waals surface area contributed by atoms with Crippen LogP contribution in [0.2, 0.25) is 0 Å². The fourth-order valence-corrected chi connectivity index (χ4v) is 3.71. The van der Waals surface area contributed by atoms with Gasteiger partial charge in [0.25, 0.3) is 0 Å². The van der Waals surface area contributed by atoms with Crippen molar-refractivity contribution in [2.75, 3.05) is 26.2 Å². The number of carbonyl (C=O) groups excluding carboxylic acids is 1. The van der Waals surface area contributed by atoms with Gasteiger partial charge in [-0.3, -0.25) is 9.69 Å². The molecule has 0 atom stereocenters. The van der Waals surface area contributed by atoms with Crippen LogP contribution in [0, 0.1) is 0 Å². The number of ether oxygens (including phenoxy) is 1. The number of nitrogens with one attached hydrogen (secondary N) is 1. The van der Waals surface area contributed by atoms with Gasteiger partial charge in [0.1, 0.15) is 17.9 Å². The van der Waals surface area contributed by atoms with Crippen LogP contribution in [0.4, 0.5) is 13.2 Å². The summed E-state index contributed by atoms with van der Waals surface area (Å²) in [6, 6.07) is 4.56. The second-order valence-corrected chi connectivity index (χ2v) is 6.35. The number of fused-ring (bicyclic) bond motifs is 1. The zero-order chi connectivity index (χ0) is 17.2. The van der Waals surface area contributed by atoms with Crippen molar-refractivity contribution in [1.82, 2.24) is 10.2 Å². The molecular formula is C17H21F3N2O2. The molecule has 2 aliphatic heterocycles. The highest BCUT2D eigenvalue weighted by atomic mass is 19.4. The molecule has 0 aliphatic carbocycles. The quantitative estimate of drug-likeness (QED) is 0.837. The Labute approximate surface area is 139 Å². The number of carbonyl (C=O) groups is 1. The molecule has 0 aromatic heterocycles. The van der Waals surface area contributed by atoms with Gasteiger partial charge in [0.2, 0.25) is 5.91 Å². The van der Waals surface area contributed by atoms with Crippen molar-refractivity contribution in [3.8, 4) is 5.75 Å². The largest absolute Gasteiger partial charge is 0.492 e.